The molecule has 2 heteroatoms. The van der Waals surface area contributed by atoms with Gasteiger partial charge in [0.05, 0.1) is 0 Å². The Morgan fingerprint density at radius 1 is 1.05 bits per heavy atom. The van der Waals surface area contributed by atoms with E-state index in [2.05, 4.69) is 71.7 Å². The first-order valence-corrected chi connectivity index (χ1v) is 7.97. The number of benzene rings is 2. The van der Waals surface area contributed by atoms with Crippen LogP contribution in [0.15, 0.2) is 54.6 Å². The molecule has 0 spiro atoms. The molecule has 2 aromatic carbocycles. The molecule has 2 aromatic rings. The van der Waals surface area contributed by atoms with Gasteiger partial charge in [-0.1, -0.05) is 55.5 Å². The first-order chi connectivity index (χ1) is 10.4. The second-order valence-electron chi connectivity index (χ2n) is 5.77. The molecule has 21 heavy (non-hydrogen) atoms. The fourth-order valence-electron chi connectivity index (χ4n) is 3.20. The molecule has 1 fully saturated rings. The molecule has 3 rings (SSSR count). The van der Waals surface area contributed by atoms with Gasteiger partial charge < -0.3 is 10.2 Å². The van der Waals surface area contributed by atoms with E-state index in [0.717, 1.165) is 32.5 Å². The molecule has 0 aromatic heterocycles. The summed E-state index contributed by atoms with van der Waals surface area (Å²) in [6.07, 6.45) is 2.20. The van der Waals surface area contributed by atoms with Crippen molar-refractivity contribution in [2.24, 2.45) is 0 Å². The summed E-state index contributed by atoms with van der Waals surface area (Å²) in [5.41, 5.74) is 4.29. The third kappa shape index (κ3) is 3.45. The molecule has 0 radical (unpaired) electrons. The highest BCUT2D eigenvalue weighted by Crippen LogP contribution is 2.22. The zero-order valence-corrected chi connectivity index (χ0v) is 12.8. The van der Waals surface area contributed by atoms with Crippen molar-refractivity contribution in [1.29, 1.82) is 0 Å². The minimum atomic E-state index is 0.533. The van der Waals surface area contributed by atoms with Gasteiger partial charge in [-0.3, -0.25) is 0 Å². The van der Waals surface area contributed by atoms with Gasteiger partial charge in [-0.25, -0.2) is 0 Å². The van der Waals surface area contributed by atoms with Crippen LogP contribution in [0.1, 0.15) is 18.1 Å². The summed E-state index contributed by atoms with van der Waals surface area (Å²) < 4.78 is 0. The number of hydrogen-bond donors (Lipinski definition) is 1. The van der Waals surface area contributed by atoms with Crippen molar-refractivity contribution in [3.8, 4) is 0 Å². The summed E-state index contributed by atoms with van der Waals surface area (Å²) in [5.74, 6) is 0. The molecule has 2 nitrogen and oxygen atoms in total. The van der Waals surface area contributed by atoms with Crippen LogP contribution in [-0.4, -0.2) is 25.7 Å². The summed E-state index contributed by atoms with van der Waals surface area (Å²) >= 11 is 0. The van der Waals surface area contributed by atoms with Gasteiger partial charge in [-0.05, 0) is 30.0 Å². The van der Waals surface area contributed by atoms with Crippen molar-refractivity contribution >= 4 is 5.69 Å². The minimum Gasteiger partial charge on any atom is -0.368 e. The Kier molecular flexibility index (Phi) is 4.56. The molecule has 0 bridgehead atoms. The third-order valence-corrected chi connectivity index (χ3v) is 4.29. The molecule has 0 amide bonds. The van der Waals surface area contributed by atoms with Gasteiger partial charge in [-0.2, -0.15) is 0 Å². The molecular weight excluding hydrogens is 256 g/mol. The van der Waals surface area contributed by atoms with Gasteiger partial charge in [0, 0.05) is 31.4 Å². The highest BCUT2D eigenvalue weighted by molar-refractivity contribution is 5.54. The number of para-hydroxylation sites is 1. The fraction of sp³-hybridized carbons (Fsp3) is 0.368. The van der Waals surface area contributed by atoms with Crippen LogP contribution in [0.25, 0.3) is 0 Å². The summed E-state index contributed by atoms with van der Waals surface area (Å²) in [6.45, 7) is 5.49. The zero-order valence-electron chi connectivity index (χ0n) is 12.8. The van der Waals surface area contributed by atoms with E-state index < -0.39 is 0 Å². The van der Waals surface area contributed by atoms with Gasteiger partial charge >= 0.3 is 0 Å². The van der Waals surface area contributed by atoms with Crippen molar-refractivity contribution in [2.75, 3.05) is 24.5 Å². The van der Waals surface area contributed by atoms with Gasteiger partial charge in [0.2, 0.25) is 0 Å². The molecule has 1 unspecified atom stereocenters. The van der Waals surface area contributed by atoms with Crippen LogP contribution in [0.2, 0.25) is 0 Å². The van der Waals surface area contributed by atoms with Crippen LogP contribution in [0.4, 0.5) is 5.69 Å². The number of anilines is 1. The molecule has 0 saturated carbocycles. The predicted octanol–water partition coefficient (Wildman–Crippen LogP) is 3.27. The van der Waals surface area contributed by atoms with Crippen molar-refractivity contribution in [2.45, 2.75) is 25.8 Å². The topological polar surface area (TPSA) is 15.3 Å². The Bertz CT molecular complexity index is 565. The van der Waals surface area contributed by atoms with Gasteiger partial charge in [-0.15, -0.1) is 0 Å². The lowest BCUT2D eigenvalue weighted by molar-refractivity contribution is 0.454. The molecule has 1 heterocycles. The molecular formula is C19H24N2. The van der Waals surface area contributed by atoms with Crippen molar-refractivity contribution in [3.05, 3.63) is 65.7 Å². The van der Waals surface area contributed by atoms with Crippen LogP contribution in [-0.2, 0) is 12.8 Å². The lowest BCUT2D eigenvalue weighted by Crippen LogP contribution is -2.51. The van der Waals surface area contributed by atoms with Crippen LogP contribution in [0.3, 0.4) is 0 Å². The largest absolute Gasteiger partial charge is 0.368 e. The maximum atomic E-state index is 3.66. The number of piperazine rings is 1. The average molecular weight is 280 g/mol. The third-order valence-electron chi connectivity index (χ3n) is 4.29. The summed E-state index contributed by atoms with van der Waals surface area (Å²) in [7, 11) is 0. The quantitative estimate of drug-likeness (QED) is 0.924. The lowest BCUT2D eigenvalue weighted by Gasteiger charge is -2.36. The molecule has 1 atom stereocenters. The van der Waals surface area contributed by atoms with Crippen molar-refractivity contribution < 1.29 is 0 Å². The van der Waals surface area contributed by atoms with E-state index in [0.29, 0.717) is 6.04 Å². The van der Waals surface area contributed by atoms with E-state index in [1.165, 1.54) is 16.8 Å². The van der Waals surface area contributed by atoms with E-state index in [1.54, 1.807) is 0 Å². The Balaban J connectivity index is 1.71. The second-order valence-corrected chi connectivity index (χ2v) is 5.77. The molecule has 110 valence electrons. The minimum absolute atomic E-state index is 0.533. The first kappa shape index (κ1) is 14.2. The van der Waals surface area contributed by atoms with Crippen LogP contribution in [0, 0.1) is 0 Å². The maximum absolute atomic E-state index is 3.66. The van der Waals surface area contributed by atoms with Crippen molar-refractivity contribution in [1.82, 2.24) is 5.32 Å². The van der Waals surface area contributed by atoms with E-state index >= 15 is 0 Å². The monoisotopic (exact) mass is 280 g/mol. The number of rotatable bonds is 4. The van der Waals surface area contributed by atoms with Gasteiger partial charge in [0.1, 0.15) is 0 Å². The lowest BCUT2D eigenvalue weighted by atomic mass is 10.0. The normalized spacial score (nSPS) is 18.7. The Labute approximate surface area is 127 Å². The summed E-state index contributed by atoms with van der Waals surface area (Å²) in [5, 5.41) is 3.66. The molecule has 0 aliphatic carbocycles. The zero-order chi connectivity index (χ0) is 14.5. The molecule has 1 saturated heterocycles. The Morgan fingerprint density at radius 2 is 1.81 bits per heavy atom. The predicted molar refractivity (Wildman–Crippen MR) is 90.0 cm³/mol. The van der Waals surface area contributed by atoms with Crippen LogP contribution < -0.4 is 10.2 Å². The SMILES string of the molecule is CCc1ccccc1N1CCNC(Cc2ccccc2)C1. The highest BCUT2D eigenvalue weighted by atomic mass is 15.2. The number of nitrogens with one attached hydrogen (secondary N) is 1. The average Bonchev–Trinajstić information content (AvgIpc) is 2.56. The summed E-state index contributed by atoms with van der Waals surface area (Å²) in [4.78, 5) is 2.54. The van der Waals surface area contributed by atoms with Gasteiger partial charge in [0.15, 0.2) is 0 Å². The highest BCUT2D eigenvalue weighted by Gasteiger charge is 2.20. The second kappa shape index (κ2) is 6.77. The first-order valence-electron chi connectivity index (χ1n) is 7.97. The maximum Gasteiger partial charge on any atom is 0.0399 e. The number of hydrogen-bond acceptors (Lipinski definition) is 2. The van der Waals surface area contributed by atoms with Crippen molar-refractivity contribution in [3.63, 3.8) is 0 Å². The Hall–Kier alpha value is -1.80. The van der Waals surface area contributed by atoms with E-state index in [1.807, 2.05) is 0 Å². The standard InChI is InChI=1S/C19H24N2/c1-2-17-10-6-7-11-19(17)21-13-12-20-18(15-21)14-16-8-4-3-5-9-16/h3-11,18,20H,2,12-15H2,1H3. The Morgan fingerprint density at radius 3 is 2.62 bits per heavy atom. The van der Waals surface area contributed by atoms with E-state index in [9.17, 15) is 0 Å². The molecule has 1 aliphatic heterocycles. The number of nitrogens with zero attached hydrogens (tertiary/aromatic N) is 1. The fourth-order valence-corrected chi connectivity index (χ4v) is 3.20. The van der Waals surface area contributed by atoms with Gasteiger partial charge in [0.25, 0.3) is 0 Å². The van der Waals surface area contributed by atoms with E-state index in [-0.39, 0.29) is 0 Å². The van der Waals surface area contributed by atoms with Crippen LogP contribution >= 0.6 is 0 Å². The summed E-state index contributed by atoms with van der Waals surface area (Å²) in [6, 6.07) is 20.1. The molecule has 1 N–H and O–H groups in total. The molecule has 1 aliphatic rings. The smallest absolute Gasteiger partial charge is 0.0399 e. The number of aryl methyl sites for hydroxylation is 1. The van der Waals surface area contributed by atoms with Crippen LogP contribution in [0.5, 0.6) is 0 Å². The van der Waals surface area contributed by atoms with E-state index in [4.69, 9.17) is 0 Å².